The fourth-order valence-corrected chi connectivity index (χ4v) is 2.57. The molecule has 1 fully saturated rings. The molecule has 1 aromatic carbocycles. The lowest BCUT2D eigenvalue weighted by Crippen LogP contribution is -2.35. The molecule has 1 heterocycles. The van der Waals surface area contributed by atoms with Crippen LogP contribution >= 0.6 is 11.6 Å². The van der Waals surface area contributed by atoms with Gasteiger partial charge in [-0.15, -0.1) is 0 Å². The van der Waals surface area contributed by atoms with Crippen molar-refractivity contribution < 1.29 is 24.2 Å². The Morgan fingerprint density at radius 3 is 2.83 bits per heavy atom. The fraction of sp³-hybridized carbons (Fsp3) is 0.400. The number of halogens is 1. The number of ether oxygens (including phenoxy) is 1. The van der Waals surface area contributed by atoms with Crippen molar-refractivity contribution in [3.05, 3.63) is 29.3 Å². The van der Waals surface area contributed by atoms with Crippen molar-refractivity contribution in [1.29, 1.82) is 0 Å². The number of para-hydroxylation sites is 1. The zero-order valence-corrected chi connectivity index (χ0v) is 13.1. The summed E-state index contributed by atoms with van der Waals surface area (Å²) in [5.41, 5.74) is 0.597. The molecule has 7 nitrogen and oxygen atoms in total. The second-order valence-electron chi connectivity index (χ2n) is 5.09. The SMILES string of the molecule is O=C(O)COCCNC(=O)C1CC(=O)N(c2ccccc2Cl)C1. The summed E-state index contributed by atoms with van der Waals surface area (Å²) in [6.07, 6.45) is 0.118. The Bertz CT molecular complexity index is 607. The van der Waals surface area contributed by atoms with Crippen LogP contribution in [0.25, 0.3) is 0 Å². The van der Waals surface area contributed by atoms with Gasteiger partial charge in [0.25, 0.3) is 0 Å². The number of aliphatic carboxylic acids is 1. The van der Waals surface area contributed by atoms with Gasteiger partial charge in [0.1, 0.15) is 6.61 Å². The number of benzene rings is 1. The van der Waals surface area contributed by atoms with Crippen LogP contribution in [0.5, 0.6) is 0 Å². The summed E-state index contributed by atoms with van der Waals surface area (Å²) >= 11 is 6.08. The molecular weight excluding hydrogens is 324 g/mol. The Morgan fingerprint density at radius 1 is 1.39 bits per heavy atom. The highest BCUT2D eigenvalue weighted by molar-refractivity contribution is 6.33. The summed E-state index contributed by atoms with van der Waals surface area (Å²) in [6, 6.07) is 6.98. The number of nitrogens with zero attached hydrogens (tertiary/aromatic N) is 1. The number of amides is 2. The van der Waals surface area contributed by atoms with Crippen molar-refractivity contribution in [3.8, 4) is 0 Å². The van der Waals surface area contributed by atoms with Crippen LogP contribution < -0.4 is 10.2 Å². The monoisotopic (exact) mass is 340 g/mol. The zero-order chi connectivity index (χ0) is 16.8. The van der Waals surface area contributed by atoms with Gasteiger partial charge in [0.2, 0.25) is 11.8 Å². The van der Waals surface area contributed by atoms with Gasteiger partial charge in [-0.25, -0.2) is 4.79 Å². The van der Waals surface area contributed by atoms with Gasteiger partial charge in [0.05, 0.1) is 23.2 Å². The largest absolute Gasteiger partial charge is 0.480 e. The van der Waals surface area contributed by atoms with Gasteiger partial charge >= 0.3 is 5.97 Å². The fourth-order valence-electron chi connectivity index (χ4n) is 2.34. The van der Waals surface area contributed by atoms with Crippen LogP contribution in [0.1, 0.15) is 6.42 Å². The summed E-state index contributed by atoms with van der Waals surface area (Å²) in [5, 5.41) is 11.5. The van der Waals surface area contributed by atoms with E-state index in [1.807, 2.05) is 0 Å². The minimum atomic E-state index is -1.06. The van der Waals surface area contributed by atoms with Crippen LogP contribution in [0.3, 0.4) is 0 Å². The van der Waals surface area contributed by atoms with Crippen LogP contribution in [0.2, 0.25) is 5.02 Å². The molecule has 1 aromatic rings. The normalized spacial score (nSPS) is 17.3. The van der Waals surface area contributed by atoms with E-state index in [1.165, 1.54) is 4.90 Å². The molecule has 0 spiro atoms. The molecule has 0 radical (unpaired) electrons. The number of nitrogens with one attached hydrogen (secondary N) is 1. The first-order valence-electron chi connectivity index (χ1n) is 7.11. The van der Waals surface area contributed by atoms with E-state index in [1.54, 1.807) is 24.3 Å². The highest BCUT2D eigenvalue weighted by Crippen LogP contribution is 2.30. The summed E-state index contributed by atoms with van der Waals surface area (Å²) in [6.45, 7) is 0.165. The predicted octanol–water partition coefficient (Wildman–Crippen LogP) is 0.910. The maximum atomic E-state index is 12.1. The molecule has 124 valence electrons. The molecule has 2 rings (SSSR count). The molecule has 0 bridgehead atoms. The molecule has 1 atom stereocenters. The Morgan fingerprint density at radius 2 is 2.13 bits per heavy atom. The highest BCUT2D eigenvalue weighted by atomic mass is 35.5. The Labute approximate surface area is 138 Å². The molecule has 23 heavy (non-hydrogen) atoms. The maximum Gasteiger partial charge on any atom is 0.329 e. The number of rotatable bonds is 7. The molecule has 8 heteroatoms. The van der Waals surface area contributed by atoms with E-state index < -0.39 is 18.5 Å². The second-order valence-corrected chi connectivity index (χ2v) is 5.50. The lowest BCUT2D eigenvalue weighted by molar-refractivity contribution is -0.142. The molecule has 1 aliphatic rings. The van der Waals surface area contributed by atoms with Gasteiger partial charge in [-0.3, -0.25) is 9.59 Å². The van der Waals surface area contributed by atoms with Crippen LogP contribution in [-0.2, 0) is 19.1 Å². The Balaban J connectivity index is 1.84. The van der Waals surface area contributed by atoms with Crippen molar-refractivity contribution in [2.75, 3.05) is 31.2 Å². The summed E-state index contributed by atoms with van der Waals surface area (Å²) < 4.78 is 4.83. The molecule has 1 unspecified atom stereocenters. The van der Waals surface area contributed by atoms with Gasteiger partial charge in [-0.1, -0.05) is 23.7 Å². The number of carbonyl (C=O) groups is 3. The first-order chi connectivity index (χ1) is 11.0. The first kappa shape index (κ1) is 17.2. The van der Waals surface area contributed by atoms with Crippen LogP contribution in [0, 0.1) is 5.92 Å². The molecule has 1 saturated heterocycles. The number of carbonyl (C=O) groups excluding carboxylic acids is 2. The van der Waals surface area contributed by atoms with E-state index in [0.717, 1.165) is 0 Å². The van der Waals surface area contributed by atoms with Crippen LogP contribution in [0.4, 0.5) is 5.69 Å². The Hall–Kier alpha value is -2.12. The van der Waals surface area contributed by atoms with Gasteiger partial charge in [0, 0.05) is 19.5 Å². The van der Waals surface area contributed by atoms with Gasteiger partial charge < -0.3 is 20.1 Å². The van der Waals surface area contributed by atoms with E-state index in [2.05, 4.69) is 5.32 Å². The highest BCUT2D eigenvalue weighted by Gasteiger charge is 2.35. The number of carboxylic acid groups (broad SMARTS) is 1. The van der Waals surface area contributed by atoms with Crippen LogP contribution in [0.15, 0.2) is 24.3 Å². The molecule has 0 saturated carbocycles. The zero-order valence-electron chi connectivity index (χ0n) is 12.3. The smallest absolute Gasteiger partial charge is 0.329 e. The minimum absolute atomic E-state index is 0.104. The van der Waals surface area contributed by atoms with Crippen molar-refractivity contribution in [1.82, 2.24) is 5.32 Å². The molecule has 1 aliphatic heterocycles. The molecule has 0 aliphatic carbocycles. The number of anilines is 1. The van der Waals surface area contributed by atoms with Crippen molar-refractivity contribution in [3.63, 3.8) is 0 Å². The van der Waals surface area contributed by atoms with Crippen molar-refractivity contribution >= 4 is 35.1 Å². The summed E-state index contributed by atoms with van der Waals surface area (Å²) in [4.78, 5) is 35.9. The maximum absolute atomic E-state index is 12.1. The molecule has 2 amide bonds. The van der Waals surface area contributed by atoms with E-state index in [-0.39, 0.29) is 37.9 Å². The molecule has 2 N–H and O–H groups in total. The summed E-state index contributed by atoms with van der Waals surface area (Å²) in [7, 11) is 0. The van der Waals surface area contributed by atoms with Gasteiger partial charge in [0.15, 0.2) is 0 Å². The van der Waals surface area contributed by atoms with Crippen LogP contribution in [-0.4, -0.2) is 49.2 Å². The van der Waals surface area contributed by atoms with Crippen molar-refractivity contribution in [2.24, 2.45) is 5.92 Å². The standard InChI is InChI=1S/C15H17ClN2O5/c16-11-3-1-2-4-12(11)18-8-10(7-13(18)19)15(22)17-5-6-23-9-14(20)21/h1-4,10H,5-9H2,(H,17,22)(H,20,21). The number of carboxylic acids is 1. The number of hydrogen-bond donors (Lipinski definition) is 2. The van der Waals surface area contributed by atoms with Crippen molar-refractivity contribution in [2.45, 2.75) is 6.42 Å². The second kappa shape index (κ2) is 7.94. The average molecular weight is 341 g/mol. The predicted molar refractivity (Wildman–Crippen MR) is 83.4 cm³/mol. The topological polar surface area (TPSA) is 95.9 Å². The lowest BCUT2D eigenvalue weighted by Gasteiger charge is -2.18. The van der Waals surface area contributed by atoms with E-state index in [0.29, 0.717) is 10.7 Å². The third-order valence-electron chi connectivity index (χ3n) is 3.41. The average Bonchev–Trinajstić information content (AvgIpc) is 2.89. The van der Waals surface area contributed by atoms with E-state index >= 15 is 0 Å². The number of hydrogen-bond acceptors (Lipinski definition) is 4. The minimum Gasteiger partial charge on any atom is -0.480 e. The molecular formula is C15H17ClN2O5. The van der Waals surface area contributed by atoms with E-state index in [9.17, 15) is 14.4 Å². The third-order valence-corrected chi connectivity index (χ3v) is 3.73. The lowest BCUT2D eigenvalue weighted by atomic mass is 10.1. The van der Waals surface area contributed by atoms with Gasteiger partial charge in [-0.05, 0) is 12.1 Å². The van der Waals surface area contributed by atoms with Gasteiger partial charge in [-0.2, -0.15) is 0 Å². The quantitative estimate of drug-likeness (QED) is 0.719. The first-order valence-corrected chi connectivity index (χ1v) is 7.49. The summed E-state index contributed by atoms with van der Waals surface area (Å²) in [5.74, 6) is -1.93. The Kier molecular flexibility index (Phi) is 5.95. The third kappa shape index (κ3) is 4.67. The van der Waals surface area contributed by atoms with E-state index in [4.69, 9.17) is 21.4 Å². The molecule has 0 aromatic heterocycles.